The van der Waals surface area contributed by atoms with Crippen LogP contribution in [-0.4, -0.2) is 21.4 Å². The normalized spacial score (nSPS) is 18.9. The molecule has 0 radical (unpaired) electrons. The Balaban J connectivity index is 1.62. The maximum atomic E-state index is 12.9. The third-order valence-corrected chi connectivity index (χ3v) is 6.55. The molecule has 2 aliphatic heterocycles. The lowest BCUT2D eigenvalue weighted by Crippen LogP contribution is -2.26. The van der Waals surface area contributed by atoms with E-state index in [1.165, 1.54) is 5.56 Å². The van der Waals surface area contributed by atoms with Gasteiger partial charge in [0.05, 0.1) is 22.7 Å². The van der Waals surface area contributed by atoms with Crippen molar-refractivity contribution < 1.29 is 9.59 Å². The molecule has 29 heavy (non-hydrogen) atoms. The molecule has 2 aromatic carbocycles. The number of nitrogens with zero attached hydrogens (tertiary/aromatic N) is 1. The van der Waals surface area contributed by atoms with E-state index in [0.29, 0.717) is 11.1 Å². The van der Waals surface area contributed by atoms with Crippen LogP contribution in [0.4, 0.5) is 0 Å². The van der Waals surface area contributed by atoms with Crippen molar-refractivity contribution >= 4 is 55.1 Å². The zero-order valence-electron chi connectivity index (χ0n) is 15.3. The molecule has 1 unspecified atom stereocenters. The Morgan fingerprint density at radius 3 is 2.86 bits per heavy atom. The number of aryl methyl sites for hydroxylation is 1. The maximum absolute atomic E-state index is 12.9. The molecular weight excluding hydrogens is 430 g/mol. The summed E-state index contributed by atoms with van der Waals surface area (Å²) in [7, 11) is 0. The Bertz CT molecular complexity index is 1390. The van der Waals surface area contributed by atoms with Crippen LogP contribution < -0.4 is 5.32 Å². The van der Waals surface area contributed by atoms with Crippen molar-refractivity contribution in [2.75, 3.05) is 0 Å². The van der Waals surface area contributed by atoms with Gasteiger partial charge in [0.15, 0.2) is 0 Å². The van der Waals surface area contributed by atoms with Gasteiger partial charge in [-0.05, 0) is 48.1 Å². The highest BCUT2D eigenvalue weighted by molar-refractivity contribution is 9.10. The number of amides is 2. The SMILES string of the molecule is O=C1NC(=O)C(C2CCc3cccc4ccn2c34)=C1c1c[nH]c2ccc(Br)cc12. The molecule has 0 saturated carbocycles. The largest absolute Gasteiger partial charge is 0.361 e. The van der Waals surface area contributed by atoms with Crippen LogP contribution >= 0.6 is 15.9 Å². The highest BCUT2D eigenvalue weighted by Gasteiger charge is 2.39. The van der Waals surface area contributed by atoms with Crippen molar-refractivity contribution in [2.45, 2.75) is 18.9 Å². The Labute approximate surface area is 174 Å². The summed E-state index contributed by atoms with van der Waals surface area (Å²) in [4.78, 5) is 29.0. The maximum Gasteiger partial charge on any atom is 0.259 e. The van der Waals surface area contributed by atoms with E-state index in [0.717, 1.165) is 44.7 Å². The first kappa shape index (κ1) is 16.8. The topological polar surface area (TPSA) is 66.9 Å². The number of benzene rings is 2. The van der Waals surface area contributed by atoms with Gasteiger partial charge in [-0.15, -0.1) is 0 Å². The van der Waals surface area contributed by atoms with Gasteiger partial charge in [-0.1, -0.05) is 34.1 Å². The smallest absolute Gasteiger partial charge is 0.259 e. The average Bonchev–Trinajstić information content (AvgIpc) is 3.39. The van der Waals surface area contributed by atoms with E-state index < -0.39 is 0 Å². The zero-order chi connectivity index (χ0) is 19.7. The number of aromatic amines is 1. The van der Waals surface area contributed by atoms with Gasteiger partial charge in [-0.2, -0.15) is 0 Å². The number of H-pyrrole nitrogens is 1. The Morgan fingerprint density at radius 1 is 1.07 bits per heavy atom. The third-order valence-electron chi connectivity index (χ3n) is 6.06. The van der Waals surface area contributed by atoms with Crippen molar-refractivity contribution in [2.24, 2.45) is 0 Å². The van der Waals surface area contributed by atoms with Crippen LogP contribution in [0.3, 0.4) is 0 Å². The lowest BCUT2D eigenvalue weighted by molar-refractivity contribution is -0.123. The summed E-state index contributed by atoms with van der Waals surface area (Å²) in [6.07, 6.45) is 5.52. The van der Waals surface area contributed by atoms with E-state index in [-0.39, 0.29) is 17.9 Å². The van der Waals surface area contributed by atoms with Gasteiger partial charge in [0.25, 0.3) is 11.8 Å². The second-order valence-electron chi connectivity index (χ2n) is 7.60. The van der Waals surface area contributed by atoms with Crippen molar-refractivity contribution in [3.63, 3.8) is 0 Å². The molecule has 142 valence electrons. The summed E-state index contributed by atoms with van der Waals surface area (Å²) >= 11 is 3.51. The van der Waals surface area contributed by atoms with Crippen LogP contribution in [-0.2, 0) is 16.0 Å². The van der Waals surface area contributed by atoms with E-state index in [2.05, 4.69) is 55.1 Å². The molecule has 2 aliphatic rings. The second-order valence-corrected chi connectivity index (χ2v) is 8.51. The molecule has 6 heteroatoms. The quantitative estimate of drug-likeness (QED) is 0.446. The van der Waals surface area contributed by atoms with Crippen molar-refractivity contribution in [3.8, 4) is 0 Å². The first-order valence-corrected chi connectivity index (χ1v) is 10.4. The van der Waals surface area contributed by atoms with E-state index in [1.807, 2.05) is 30.6 Å². The fraction of sp³-hybridized carbons (Fsp3) is 0.130. The molecule has 5 nitrogen and oxygen atoms in total. The number of para-hydroxylation sites is 1. The molecule has 4 aromatic rings. The molecule has 0 saturated heterocycles. The van der Waals surface area contributed by atoms with E-state index >= 15 is 0 Å². The Kier molecular flexibility index (Phi) is 3.44. The number of carbonyl (C=O) groups excluding carboxylic acids is 2. The minimum atomic E-state index is -0.326. The molecule has 4 heterocycles. The minimum Gasteiger partial charge on any atom is -0.361 e. The molecular formula is C23H16BrN3O2. The third kappa shape index (κ3) is 2.32. The van der Waals surface area contributed by atoms with Crippen LogP contribution in [0.25, 0.3) is 27.4 Å². The van der Waals surface area contributed by atoms with Gasteiger partial charge in [0, 0.05) is 33.3 Å². The predicted molar refractivity (Wildman–Crippen MR) is 115 cm³/mol. The summed E-state index contributed by atoms with van der Waals surface area (Å²) in [6.45, 7) is 0. The van der Waals surface area contributed by atoms with Crippen LogP contribution in [0, 0.1) is 0 Å². The highest BCUT2D eigenvalue weighted by Crippen LogP contribution is 2.41. The molecule has 2 amide bonds. The standard InChI is InChI=1S/C23H16BrN3O2/c24-14-5-6-17-15(10-14)16(11-25-17)19-20(23(29)26-22(19)28)18-7-4-12-2-1-3-13-8-9-27(18)21(12)13/h1-3,5-6,8-11,18,25H,4,7H2,(H,26,28,29). The van der Waals surface area contributed by atoms with Crippen molar-refractivity contribution in [1.29, 1.82) is 0 Å². The van der Waals surface area contributed by atoms with Crippen LogP contribution in [0.5, 0.6) is 0 Å². The summed E-state index contributed by atoms with van der Waals surface area (Å²) in [5.41, 5.74) is 5.17. The van der Waals surface area contributed by atoms with Crippen molar-refractivity contribution in [3.05, 3.63) is 76.0 Å². The zero-order valence-corrected chi connectivity index (χ0v) is 16.9. The van der Waals surface area contributed by atoms with Gasteiger partial charge >= 0.3 is 0 Å². The molecule has 0 fully saturated rings. The number of aromatic nitrogens is 2. The van der Waals surface area contributed by atoms with E-state index in [9.17, 15) is 9.59 Å². The first-order chi connectivity index (χ1) is 14.1. The molecule has 6 rings (SSSR count). The van der Waals surface area contributed by atoms with Gasteiger partial charge in [-0.25, -0.2) is 0 Å². The number of hydrogen-bond donors (Lipinski definition) is 2. The summed E-state index contributed by atoms with van der Waals surface area (Å²) < 4.78 is 3.09. The second kappa shape index (κ2) is 5.94. The first-order valence-electron chi connectivity index (χ1n) is 9.57. The van der Waals surface area contributed by atoms with E-state index in [4.69, 9.17) is 0 Å². The van der Waals surface area contributed by atoms with E-state index in [1.54, 1.807) is 0 Å². The number of rotatable bonds is 2. The van der Waals surface area contributed by atoms with Crippen molar-refractivity contribution in [1.82, 2.24) is 14.9 Å². The molecule has 0 bridgehead atoms. The molecule has 2 N–H and O–H groups in total. The number of fused-ring (bicyclic) bond motifs is 1. The predicted octanol–water partition coefficient (Wildman–Crippen LogP) is 4.48. The summed E-state index contributed by atoms with van der Waals surface area (Å²) in [5.74, 6) is -0.617. The number of carbonyl (C=O) groups is 2. The number of imide groups is 1. The fourth-order valence-electron chi connectivity index (χ4n) is 4.83. The van der Waals surface area contributed by atoms with Gasteiger partial charge in [-0.3, -0.25) is 14.9 Å². The van der Waals surface area contributed by atoms with Gasteiger partial charge in [0.2, 0.25) is 0 Å². The molecule has 1 atom stereocenters. The number of halogens is 1. The number of hydrogen-bond acceptors (Lipinski definition) is 2. The van der Waals surface area contributed by atoms with Crippen LogP contribution in [0.15, 0.2) is 64.9 Å². The lowest BCUT2D eigenvalue weighted by Gasteiger charge is -2.26. The molecule has 0 spiro atoms. The molecule has 0 aliphatic carbocycles. The lowest BCUT2D eigenvalue weighted by atomic mass is 9.90. The van der Waals surface area contributed by atoms with Gasteiger partial charge < -0.3 is 9.55 Å². The Morgan fingerprint density at radius 2 is 1.97 bits per heavy atom. The minimum absolute atomic E-state index is 0.166. The monoisotopic (exact) mass is 445 g/mol. The Hall–Kier alpha value is -3.12. The van der Waals surface area contributed by atoms with Crippen LogP contribution in [0.1, 0.15) is 23.6 Å². The highest BCUT2D eigenvalue weighted by atomic mass is 79.9. The fourth-order valence-corrected chi connectivity index (χ4v) is 5.19. The summed E-state index contributed by atoms with van der Waals surface area (Å²) in [5, 5.41) is 4.62. The van der Waals surface area contributed by atoms with Gasteiger partial charge in [0.1, 0.15) is 0 Å². The average molecular weight is 446 g/mol. The number of nitrogens with one attached hydrogen (secondary N) is 2. The van der Waals surface area contributed by atoms with Crippen LogP contribution in [0.2, 0.25) is 0 Å². The summed E-state index contributed by atoms with van der Waals surface area (Å²) in [6, 6.07) is 14.1. The molecule has 2 aromatic heterocycles.